The van der Waals surface area contributed by atoms with Gasteiger partial charge in [0.15, 0.2) is 0 Å². The Balaban J connectivity index is 1.38. The minimum atomic E-state index is -0.714. The summed E-state index contributed by atoms with van der Waals surface area (Å²) in [6.07, 6.45) is 7.44. The lowest BCUT2D eigenvalue weighted by Gasteiger charge is -2.43. The molecular weight excluding hydrogens is 350 g/mol. The van der Waals surface area contributed by atoms with Gasteiger partial charge >= 0.3 is 12.0 Å². The number of carboxylic acids is 1. The quantitative estimate of drug-likeness (QED) is 0.781. The van der Waals surface area contributed by atoms with Crippen LogP contribution in [0.3, 0.4) is 0 Å². The SMILES string of the molecule is O=C(NCC1(N2CCSCC2)CCCC1)N1C[C@@H]2CCC[C@@]2(C(=O)O)C1. The van der Waals surface area contributed by atoms with Crippen LogP contribution in [0.5, 0.6) is 0 Å². The molecule has 2 saturated carbocycles. The highest BCUT2D eigenvalue weighted by atomic mass is 32.2. The number of hydrogen-bond acceptors (Lipinski definition) is 4. The second-order valence-electron chi connectivity index (χ2n) is 8.62. The van der Waals surface area contributed by atoms with Gasteiger partial charge in [-0.25, -0.2) is 4.79 Å². The fourth-order valence-corrected chi connectivity index (χ4v) is 6.72. The highest BCUT2D eigenvalue weighted by Crippen LogP contribution is 2.48. The fraction of sp³-hybridized carbons (Fsp3) is 0.895. The molecule has 26 heavy (non-hydrogen) atoms. The average Bonchev–Trinajstić information content (AvgIpc) is 3.35. The van der Waals surface area contributed by atoms with Crippen LogP contribution in [0.4, 0.5) is 4.79 Å². The summed E-state index contributed by atoms with van der Waals surface area (Å²) in [4.78, 5) is 29.0. The van der Waals surface area contributed by atoms with Crippen LogP contribution in [0.15, 0.2) is 0 Å². The second-order valence-corrected chi connectivity index (χ2v) is 9.85. The molecule has 0 spiro atoms. The van der Waals surface area contributed by atoms with Crippen LogP contribution in [0.2, 0.25) is 0 Å². The van der Waals surface area contributed by atoms with Gasteiger partial charge in [-0.1, -0.05) is 19.3 Å². The molecule has 2 N–H and O–H groups in total. The van der Waals surface area contributed by atoms with E-state index in [1.807, 2.05) is 11.8 Å². The number of rotatable bonds is 4. The Morgan fingerprint density at radius 2 is 1.85 bits per heavy atom. The van der Waals surface area contributed by atoms with Crippen molar-refractivity contribution in [2.75, 3.05) is 44.2 Å². The van der Waals surface area contributed by atoms with Gasteiger partial charge in [0.2, 0.25) is 0 Å². The number of carboxylic acid groups (broad SMARTS) is 1. The average molecular weight is 382 g/mol. The first-order valence-corrected chi connectivity index (χ1v) is 11.3. The predicted molar refractivity (Wildman–Crippen MR) is 102 cm³/mol. The molecular formula is C19H31N3O3S. The van der Waals surface area contributed by atoms with Crippen molar-refractivity contribution in [1.29, 1.82) is 0 Å². The summed E-state index contributed by atoms with van der Waals surface area (Å²) in [5, 5.41) is 12.9. The molecule has 0 aromatic rings. The molecule has 4 rings (SSSR count). The summed E-state index contributed by atoms with van der Waals surface area (Å²) >= 11 is 2.02. The number of thioether (sulfide) groups is 1. The van der Waals surface area contributed by atoms with E-state index >= 15 is 0 Å². The van der Waals surface area contributed by atoms with E-state index < -0.39 is 11.4 Å². The summed E-state index contributed by atoms with van der Waals surface area (Å²) in [5.74, 6) is 1.79. The summed E-state index contributed by atoms with van der Waals surface area (Å²) in [5.41, 5.74) is -0.566. The maximum atomic E-state index is 12.8. The molecule has 146 valence electrons. The maximum Gasteiger partial charge on any atom is 0.317 e. The molecule has 2 heterocycles. The first-order chi connectivity index (χ1) is 12.6. The van der Waals surface area contributed by atoms with Gasteiger partial charge in [-0.2, -0.15) is 11.8 Å². The van der Waals surface area contributed by atoms with E-state index in [1.165, 1.54) is 37.2 Å². The Morgan fingerprint density at radius 1 is 1.12 bits per heavy atom. The lowest BCUT2D eigenvalue weighted by atomic mass is 9.81. The number of nitrogens with one attached hydrogen (secondary N) is 1. The zero-order valence-electron chi connectivity index (χ0n) is 15.5. The van der Waals surface area contributed by atoms with Crippen molar-refractivity contribution >= 4 is 23.8 Å². The normalized spacial score (nSPS) is 34.0. The number of amides is 2. The van der Waals surface area contributed by atoms with Gasteiger partial charge < -0.3 is 15.3 Å². The van der Waals surface area contributed by atoms with E-state index in [1.54, 1.807) is 4.90 Å². The molecule has 2 amide bonds. The summed E-state index contributed by atoms with van der Waals surface area (Å²) in [6, 6.07) is -0.0577. The molecule has 0 aromatic heterocycles. The van der Waals surface area contributed by atoms with E-state index in [2.05, 4.69) is 10.2 Å². The number of urea groups is 1. The third-order valence-electron chi connectivity index (χ3n) is 7.37. The zero-order chi connectivity index (χ0) is 18.2. The number of carbonyl (C=O) groups excluding carboxylic acids is 1. The molecule has 2 aliphatic heterocycles. The Morgan fingerprint density at radius 3 is 2.50 bits per heavy atom. The molecule has 4 aliphatic rings. The van der Waals surface area contributed by atoms with Gasteiger partial charge in [0.1, 0.15) is 0 Å². The van der Waals surface area contributed by atoms with Gasteiger partial charge in [0.25, 0.3) is 0 Å². The van der Waals surface area contributed by atoms with Crippen LogP contribution in [0.1, 0.15) is 44.9 Å². The van der Waals surface area contributed by atoms with E-state index in [0.29, 0.717) is 26.1 Å². The second kappa shape index (κ2) is 7.23. The third kappa shape index (κ3) is 3.11. The minimum Gasteiger partial charge on any atom is -0.481 e. The Kier molecular flexibility index (Phi) is 5.12. The number of likely N-dealkylation sites (tertiary alicyclic amines) is 1. The lowest BCUT2D eigenvalue weighted by Crippen LogP contribution is -2.57. The molecule has 7 heteroatoms. The number of hydrogen-bond donors (Lipinski definition) is 2. The van der Waals surface area contributed by atoms with Crippen molar-refractivity contribution in [3.8, 4) is 0 Å². The molecule has 0 aromatic carbocycles. The van der Waals surface area contributed by atoms with Gasteiger partial charge in [-0.3, -0.25) is 9.69 Å². The maximum absolute atomic E-state index is 12.8. The Labute approximate surface area is 160 Å². The highest BCUT2D eigenvalue weighted by molar-refractivity contribution is 7.99. The molecule has 4 fully saturated rings. The Bertz CT molecular complexity index is 560. The Hall–Kier alpha value is -0.950. The summed E-state index contributed by atoms with van der Waals surface area (Å²) < 4.78 is 0. The van der Waals surface area contributed by atoms with Crippen LogP contribution >= 0.6 is 11.8 Å². The predicted octanol–water partition coefficient (Wildman–Crippen LogP) is 2.24. The van der Waals surface area contributed by atoms with Gasteiger partial charge in [0.05, 0.1) is 5.41 Å². The largest absolute Gasteiger partial charge is 0.481 e. The monoisotopic (exact) mass is 381 g/mol. The first kappa shape index (κ1) is 18.4. The molecule has 2 saturated heterocycles. The zero-order valence-corrected chi connectivity index (χ0v) is 16.4. The molecule has 6 nitrogen and oxygen atoms in total. The van der Waals surface area contributed by atoms with E-state index in [-0.39, 0.29) is 17.5 Å². The van der Waals surface area contributed by atoms with Crippen molar-refractivity contribution in [3.63, 3.8) is 0 Å². The van der Waals surface area contributed by atoms with E-state index in [9.17, 15) is 14.7 Å². The van der Waals surface area contributed by atoms with Crippen molar-refractivity contribution < 1.29 is 14.7 Å². The van der Waals surface area contributed by atoms with E-state index in [0.717, 1.165) is 25.9 Å². The van der Waals surface area contributed by atoms with Crippen molar-refractivity contribution in [2.24, 2.45) is 11.3 Å². The molecule has 0 unspecified atom stereocenters. The van der Waals surface area contributed by atoms with Crippen LogP contribution < -0.4 is 5.32 Å². The topological polar surface area (TPSA) is 72.9 Å². The van der Waals surface area contributed by atoms with Crippen LogP contribution in [-0.2, 0) is 4.79 Å². The number of carbonyl (C=O) groups is 2. The van der Waals surface area contributed by atoms with E-state index in [4.69, 9.17) is 0 Å². The molecule has 2 aliphatic carbocycles. The van der Waals surface area contributed by atoms with Crippen LogP contribution in [0, 0.1) is 11.3 Å². The van der Waals surface area contributed by atoms with Crippen molar-refractivity contribution in [2.45, 2.75) is 50.5 Å². The van der Waals surface area contributed by atoms with Crippen molar-refractivity contribution in [1.82, 2.24) is 15.1 Å². The number of fused-ring (bicyclic) bond motifs is 1. The smallest absolute Gasteiger partial charge is 0.317 e. The van der Waals surface area contributed by atoms with Crippen LogP contribution in [0.25, 0.3) is 0 Å². The van der Waals surface area contributed by atoms with Gasteiger partial charge in [-0.15, -0.1) is 0 Å². The van der Waals surface area contributed by atoms with Gasteiger partial charge in [-0.05, 0) is 31.6 Å². The molecule has 2 atom stereocenters. The standard InChI is InChI=1S/C19H31N3O3S/c23-16(24)19-7-3-4-15(19)12-21(14-19)17(25)20-13-18(5-1-2-6-18)22-8-10-26-11-9-22/h15H,1-14H2,(H,20,25)(H,23,24)/t15-,19+/m0/s1. The van der Waals surface area contributed by atoms with Crippen LogP contribution in [-0.4, -0.2) is 76.7 Å². The molecule has 0 bridgehead atoms. The number of nitrogens with zero attached hydrogens (tertiary/aromatic N) is 2. The minimum absolute atomic E-state index is 0.0577. The number of aliphatic carboxylic acids is 1. The first-order valence-electron chi connectivity index (χ1n) is 10.1. The summed E-state index contributed by atoms with van der Waals surface area (Å²) in [6.45, 7) is 3.93. The van der Waals surface area contributed by atoms with Gasteiger partial charge in [0, 0.05) is 49.8 Å². The molecule has 0 radical (unpaired) electrons. The van der Waals surface area contributed by atoms with Crippen molar-refractivity contribution in [3.05, 3.63) is 0 Å². The summed E-state index contributed by atoms with van der Waals surface area (Å²) in [7, 11) is 0. The lowest BCUT2D eigenvalue weighted by molar-refractivity contribution is -0.149. The fourth-order valence-electron chi connectivity index (χ4n) is 5.82. The third-order valence-corrected chi connectivity index (χ3v) is 8.31. The highest BCUT2D eigenvalue weighted by Gasteiger charge is 2.56.